The van der Waals surface area contributed by atoms with Crippen LogP contribution in [0.1, 0.15) is 43.6 Å². The SMILES string of the molecule is CCCc1noc(COc2ccc(C(C)NC)cc2Cl)n1. The highest BCUT2D eigenvalue weighted by Crippen LogP contribution is 2.28. The molecule has 0 fully saturated rings. The second-order valence-corrected chi connectivity index (χ2v) is 5.25. The molecule has 0 spiro atoms. The fourth-order valence-electron chi connectivity index (χ4n) is 1.88. The van der Waals surface area contributed by atoms with Gasteiger partial charge in [-0.25, -0.2) is 0 Å². The highest BCUT2D eigenvalue weighted by molar-refractivity contribution is 6.32. The van der Waals surface area contributed by atoms with Crippen molar-refractivity contribution in [3.8, 4) is 5.75 Å². The van der Waals surface area contributed by atoms with Crippen LogP contribution < -0.4 is 10.1 Å². The number of hydrogen-bond acceptors (Lipinski definition) is 5. The lowest BCUT2D eigenvalue weighted by Crippen LogP contribution is -2.12. The molecule has 1 unspecified atom stereocenters. The van der Waals surface area contributed by atoms with Crippen molar-refractivity contribution in [3.63, 3.8) is 0 Å². The van der Waals surface area contributed by atoms with Gasteiger partial charge >= 0.3 is 0 Å². The van der Waals surface area contributed by atoms with Gasteiger partial charge in [-0.05, 0) is 38.1 Å². The smallest absolute Gasteiger partial charge is 0.264 e. The first-order valence-corrected chi connectivity index (χ1v) is 7.42. The van der Waals surface area contributed by atoms with Gasteiger partial charge in [0.05, 0.1) is 5.02 Å². The lowest BCUT2D eigenvalue weighted by atomic mass is 10.1. The minimum absolute atomic E-state index is 0.220. The Kier molecular flexibility index (Phi) is 5.59. The topological polar surface area (TPSA) is 60.2 Å². The van der Waals surface area contributed by atoms with Crippen LogP contribution in [0.15, 0.2) is 22.7 Å². The molecule has 1 heterocycles. The molecule has 0 bridgehead atoms. The quantitative estimate of drug-likeness (QED) is 0.847. The minimum Gasteiger partial charge on any atom is -0.482 e. The number of aromatic nitrogens is 2. The van der Waals surface area contributed by atoms with Crippen molar-refractivity contribution >= 4 is 11.6 Å². The van der Waals surface area contributed by atoms with Crippen molar-refractivity contribution in [2.75, 3.05) is 7.05 Å². The third kappa shape index (κ3) is 4.19. The summed E-state index contributed by atoms with van der Waals surface area (Å²) < 4.78 is 10.8. The van der Waals surface area contributed by atoms with Crippen LogP contribution in [0.25, 0.3) is 0 Å². The lowest BCUT2D eigenvalue weighted by molar-refractivity contribution is 0.242. The summed E-state index contributed by atoms with van der Waals surface area (Å²) in [5, 5.41) is 7.62. The van der Waals surface area contributed by atoms with Crippen LogP contribution in [-0.4, -0.2) is 17.2 Å². The normalized spacial score (nSPS) is 12.4. The summed E-state index contributed by atoms with van der Waals surface area (Å²) in [6.45, 7) is 4.36. The van der Waals surface area contributed by atoms with Gasteiger partial charge in [-0.3, -0.25) is 0 Å². The van der Waals surface area contributed by atoms with Crippen molar-refractivity contribution in [1.29, 1.82) is 0 Å². The average Bonchev–Trinajstić information content (AvgIpc) is 2.93. The number of hydrogen-bond donors (Lipinski definition) is 1. The maximum absolute atomic E-state index is 6.23. The molecule has 0 radical (unpaired) electrons. The van der Waals surface area contributed by atoms with Gasteiger partial charge in [-0.2, -0.15) is 4.98 Å². The van der Waals surface area contributed by atoms with Gasteiger partial charge in [0.15, 0.2) is 12.4 Å². The zero-order valence-corrected chi connectivity index (χ0v) is 13.3. The lowest BCUT2D eigenvalue weighted by Gasteiger charge is -2.12. The van der Waals surface area contributed by atoms with Gasteiger partial charge in [0, 0.05) is 12.5 Å². The molecule has 114 valence electrons. The van der Waals surface area contributed by atoms with E-state index in [1.807, 2.05) is 25.2 Å². The van der Waals surface area contributed by atoms with Crippen LogP contribution >= 0.6 is 11.6 Å². The van der Waals surface area contributed by atoms with E-state index in [1.54, 1.807) is 0 Å². The van der Waals surface area contributed by atoms with Crippen LogP contribution in [0, 0.1) is 0 Å². The number of halogens is 1. The van der Waals surface area contributed by atoms with E-state index in [4.69, 9.17) is 20.9 Å². The van der Waals surface area contributed by atoms with Gasteiger partial charge < -0.3 is 14.6 Å². The molecule has 6 heteroatoms. The zero-order valence-electron chi connectivity index (χ0n) is 12.5. The van der Waals surface area contributed by atoms with Crippen LogP contribution in [0.4, 0.5) is 0 Å². The van der Waals surface area contributed by atoms with Crippen molar-refractivity contribution in [2.45, 2.75) is 39.3 Å². The van der Waals surface area contributed by atoms with Gasteiger partial charge in [0.1, 0.15) is 5.75 Å². The van der Waals surface area contributed by atoms with Crippen LogP contribution in [0.5, 0.6) is 5.75 Å². The minimum atomic E-state index is 0.220. The Morgan fingerprint density at radius 2 is 2.24 bits per heavy atom. The first-order chi connectivity index (χ1) is 10.1. The molecule has 2 rings (SSSR count). The molecular formula is C15H20ClN3O2. The Hall–Kier alpha value is -1.59. The van der Waals surface area contributed by atoms with E-state index in [2.05, 4.69) is 29.3 Å². The molecule has 1 aromatic carbocycles. The van der Waals surface area contributed by atoms with E-state index in [0.717, 1.165) is 18.4 Å². The first kappa shape index (κ1) is 15.8. The van der Waals surface area contributed by atoms with Gasteiger partial charge in [-0.15, -0.1) is 0 Å². The third-order valence-corrected chi connectivity index (χ3v) is 3.52. The Bertz CT molecular complexity index is 586. The van der Waals surface area contributed by atoms with Crippen molar-refractivity contribution in [1.82, 2.24) is 15.5 Å². The Morgan fingerprint density at radius 1 is 1.43 bits per heavy atom. The van der Waals surface area contributed by atoms with Crippen molar-refractivity contribution < 1.29 is 9.26 Å². The van der Waals surface area contributed by atoms with E-state index in [-0.39, 0.29) is 12.6 Å². The molecule has 0 aliphatic rings. The zero-order chi connectivity index (χ0) is 15.2. The standard InChI is InChI=1S/C15H20ClN3O2/c1-4-5-14-18-15(21-19-14)9-20-13-7-6-11(8-12(13)16)10(2)17-3/h6-8,10,17H,4-5,9H2,1-3H3. The van der Waals surface area contributed by atoms with E-state index in [9.17, 15) is 0 Å². The second-order valence-electron chi connectivity index (χ2n) is 4.84. The molecule has 21 heavy (non-hydrogen) atoms. The van der Waals surface area contributed by atoms with E-state index in [1.165, 1.54) is 0 Å². The molecule has 0 saturated heterocycles. The second kappa shape index (κ2) is 7.43. The Balaban J connectivity index is 1.99. The summed E-state index contributed by atoms with van der Waals surface area (Å²) in [6, 6.07) is 5.98. The fraction of sp³-hybridized carbons (Fsp3) is 0.467. The van der Waals surface area contributed by atoms with Crippen LogP contribution in [0.2, 0.25) is 5.02 Å². The Labute approximate surface area is 129 Å². The summed E-state index contributed by atoms with van der Waals surface area (Å²) in [5.41, 5.74) is 1.11. The number of ether oxygens (including phenoxy) is 1. The summed E-state index contributed by atoms with van der Waals surface area (Å²) in [7, 11) is 1.91. The largest absolute Gasteiger partial charge is 0.482 e. The van der Waals surface area contributed by atoms with E-state index in [0.29, 0.717) is 22.5 Å². The number of nitrogens with zero attached hydrogens (tertiary/aromatic N) is 2. The molecule has 0 saturated carbocycles. The molecular weight excluding hydrogens is 290 g/mol. The van der Waals surface area contributed by atoms with E-state index >= 15 is 0 Å². The monoisotopic (exact) mass is 309 g/mol. The third-order valence-electron chi connectivity index (χ3n) is 3.22. The number of rotatable bonds is 7. The highest BCUT2D eigenvalue weighted by atomic mass is 35.5. The predicted octanol–water partition coefficient (Wildman–Crippen LogP) is 3.53. The van der Waals surface area contributed by atoms with Gasteiger partial charge in [0.2, 0.25) is 0 Å². The summed E-state index contributed by atoms with van der Waals surface area (Å²) in [6.07, 6.45) is 1.79. The molecule has 5 nitrogen and oxygen atoms in total. The maximum Gasteiger partial charge on any atom is 0.264 e. The van der Waals surface area contributed by atoms with Gasteiger partial charge in [-0.1, -0.05) is 29.7 Å². The Morgan fingerprint density at radius 3 is 2.90 bits per heavy atom. The molecule has 1 aromatic heterocycles. The molecule has 1 atom stereocenters. The fourth-order valence-corrected chi connectivity index (χ4v) is 2.13. The summed E-state index contributed by atoms with van der Waals surface area (Å²) in [4.78, 5) is 4.25. The summed E-state index contributed by atoms with van der Waals surface area (Å²) >= 11 is 6.23. The molecule has 1 N–H and O–H groups in total. The van der Waals surface area contributed by atoms with Gasteiger partial charge in [0.25, 0.3) is 5.89 Å². The molecule has 0 aliphatic carbocycles. The van der Waals surface area contributed by atoms with E-state index < -0.39 is 0 Å². The predicted molar refractivity (Wildman–Crippen MR) is 81.6 cm³/mol. The molecule has 0 amide bonds. The summed E-state index contributed by atoms with van der Waals surface area (Å²) in [5.74, 6) is 1.78. The molecule has 0 aliphatic heterocycles. The number of benzene rings is 1. The average molecular weight is 310 g/mol. The number of nitrogens with one attached hydrogen (secondary N) is 1. The van der Waals surface area contributed by atoms with Crippen LogP contribution in [-0.2, 0) is 13.0 Å². The molecule has 2 aromatic rings. The van der Waals surface area contributed by atoms with Crippen molar-refractivity contribution in [2.24, 2.45) is 0 Å². The van der Waals surface area contributed by atoms with Crippen molar-refractivity contribution in [3.05, 3.63) is 40.5 Å². The number of aryl methyl sites for hydroxylation is 1. The van der Waals surface area contributed by atoms with Crippen LogP contribution in [0.3, 0.4) is 0 Å². The highest BCUT2D eigenvalue weighted by Gasteiger charge is 2.10. The maximum atomic E-state index is 6.23. The first-order valence-electron chi connectivity index (χ1n) is 7.05.